The Morgan fingerprint density at radius 2 is 1.67 bits per heavy atom. The Labute approximate surface area is 68.6 Å². The van der Waals surface area contributed by atoms with E-state index in [4.69, 9.17) is 0 Å². The van der Waals surface area contributed by atoms with E-state index in [1.54, 1.807) is 0 Å². The van der Waals surface area contributed by atoms with E-state index in [0.717, 1.165) is 0 Å². The Balaban J connectivity index is 0. The molecule has 0 aliphatic heterocycles. The molecular formula is C6H4F2Mg. The molecule has 0 aliphatic rings. The summed E-state index contributed by atoms with van der Waals surface area (Å²) in [6.07, 6.45) is 0. The van der Waals surface area contributed by atoms with Crippen molar-refractivity contribution in [3.05, 3.63) is 36.1 Å². The van der Waals surface area contributed by atoms with Crippen LogP contribution < -0.4 is 4.70 Å². The molecule has 0 amide bonds. The molecular weight excluding hydrogens is 134 g/mol. The van der Waals surface area contributed by atoms with Gasteiger partial charge < -0.3 is 4.70 Å². The topological polar surface area (TPSA) is 0 Å². The number of hydrogen-bond donors (Lipinski definition) is 0. The van der Waals surface area contributed by atoms with Crippen molar-refractivity contribution in [3.63, 3.8) is 0 Å². The monoisotopic (exact) mass is 138 g/mol. The van der Waals surface area contributed by atoms with Crippen molar-refractivity contribution in [3.8, 4) is 0 Å². The van der Waals surface area contributed by atoms with Crippen LogP contribution in [0, 0.1) is 11.9 Å². The van der Waals surface area contributed by atoms with Crippen molar-refractivity contribution >= 4 is 23.1 Å². The Morgan fingerprint density at radius 1 is 1.22 bits per heavy atom. The van der Waals surface area contributed by atoms with Crippen LogP contribution in [-0.2, 0) is 0 Å². The Kier molecular flexibility index (Phi) is 7.71. The van der Waals surface area contributed by atoms with E-state index < -0.39 is 0 Å². The zero-order valence-electron chi connectivity index (χ0n) is 4.77. The van der Waals surface area contributed by atoms with E-state index in [9.17, 15) is 4.39 Å². The van der Waals surface area contributed by atoms with Crippen LogP contribution in [0.5, 0.6) is 0 Å². The van der Waals surface area contributed by atoms with Crippen molar-refractivity contribution in [2.24, 2.45) is 0 Å². The molecule has 0 spiro atoms. The maximum Gasteiger partial charge on any atom is 2.00 e. The van der Waals surface area contributed by atoms with Gasteiger partial charge in [0, 0.05) is 5.82 Å². The van der Waals surface area contributed by atoms with Gasteiger partial charge >= 0.3 is 23.1 Å². The number of rotatable bonds is 0. The first-order valence-corrected chi connectivity index (χ1v) is 2.01. The van der Waals surface area contributed by atoms with Crippen LogP contribution in [0.3, 0.4) is 0 Å². The zero-order chi connectivity index (χ0) is 5.11. The van der Waals surface area contributed by atoms with Crippen molar-refractivity contribution in [2.45, 2.75) is 0 Å². The van der Waals surface area contributed by atoms with Gasteiger partial charge in [-0.1, -0.05) is 0 Å². The molecule has 0 bridgehead atoms. The second-order valence-electron chi connectivity index (χ2n) is 1.22. The normalized spacial score (nSPS) is 6.78. The van der Waals surface area contributed by atoms with Gasteiger partial charge in [-0.15, -0.1) is 12.1 Å². The minimum Gasteiger partial charge on any atom is -1.00 e. The Bertz CT molecular complexity index is 141. The fourth-order valence-corrected chi connectivity index (χ4v) is 0.367. The summed E-state index contributed by atoms with van der Waals surface area (Å²) in [5.41, 5.74) is 0. The number of benzene rings is 1. The SMILES string of the molecule is Fc1cc[c-]cc1.[F-].[Mg+2]. The van der Waals surface area contributed by atoms with Crippen molar-refractivity contribution in [1.82, 2.24) is 0 Å². The molecule has 0 saturated carbocycles. The van der Waals surface area contributed by atoms with Crippen LogP contribution >= 0.6 is 0 Å². The summed E-state index contributed by atoms with van der Waals surface area (Å²) < 4.78 is 11.9. The average Bonchev–Trinajstić information content (AvgIpc) is 1.69. The molecule has 44 valence electrons. The van der Waals surface area contributed by atoms with Gasteiger partial charge in [-0.3, -0.25) is 0 Å². The number of halogens is 2. The molecule has 0 unspecified atom stereocenters. The van der Waals surface area contributed by atoms with Gasteiger partial charge in [0.05, 0.1) is 0 Å². The van der Waals surface area contributed by atoms with Gasteiger partial charge in [-0.25, -0.2) is 4.39 Å². The van der Waals surface area contributed by atoms with Crippen LogP contribution in [0.25, 0.3) is 0 Å². The summed E-state index contributed by atoms with van der Waals surface area (Å²) in [5.74, 6) is -0.209. The van der Waals surface area contributed by atoms with E-state index in [-0.39, 0.29) is 33.6 Å². The van der Waals surface area contributed by atoms with Crippen LogP contribution in [0.4, 0.5) is 4.39 Å². The van der Waals surface area contributed by atoms with Crippen molar-refractivity contribution in [2.75, 3.05) is 0 Å². The molecule has 0 saturated heterocycles. The molecule has 0 aliphatic carbocycles. The van der Waals surface area contributed by atoms with Crippen molar-refractivity contribution in [1.29, 1.82) is 0 Å². The van der Waals surface area contributed by atoms with Crippen LogP contribution in [0.15, 0.2) is 24.3 Å². The third kappa shape index (κ3) is 4.36. The van der Waals surface area contributed by atoms with E-state index in [1.807, 2.05) is 0 Å². The van der Waals surface area contributed by atoms with E-state index in [1.165, 1.54) is 24.3 Å². The first-order valence-electron chi connectivity index (χ1n) is 2.01. The molecule has 0 radical (unpaired) electrons. The average molecular weight is 138 g/mol. The standard InChI is InChI=1S/C6H4F.FH.Mg/c7-6-4-2-1-3-5-6;;/h2-5H;1H;/q-1;;+2/p-1. The maximum atomic E-state index is 11.9. The van der Waals surface area contributed by atoms with Crippen molar-refractivity contribution < 1.29 is 9.09 Å². The van der Waals surface area contributed by atoms with E-state index in [0.29, 0.717) is 0 Å². The van der Waals surface area contributed by atoms with E-state index >= 15 is 0 Å². The molecule has 0 N–H and O–H groups in total. The fraction of sp³-hybridized carbons (Fsp3) is 0. The predicted octanol–water partition coefficient (Wildman–Crippen LogP) is -1.75. The molecule has 0 fully saturated rings. The van der Waals surface area contributed by atoms with Crippen LogP contribution in [0.1, 0.15) is 0 Å². The molecule has 0 heterocycles. The molecule has 3 heteroatoms. The molecule has 1 aromatic carbocycles. The molecule has 1 rings (SSSR count). The third-order valence-electron chi connectivity index (χ3n) is 0.678. The van der Waals surface area contributed by atoms with Gasteiger partial charge in [0.25, 0.3) is 0 Å². The second kappa shape index (κ2) is 5.97. The fourth-order valence-electron chi connectivity index (χ4n) is 0.367. The Hall–Kier alpha value is -0.154. The second-order valence-corrected chi connectivity index (χ2v) is 1.22. The molecule has 0 atom stereocenters. The zero-order valence-corrected chi connectivity index (χ0v) is 6.19. The first-order chi connectivity index (χ1) is 3.39. The van der Waals surface area contributed by atoms with Gasteiger partial charge in [0.1, 0.15) is 0 Å². The summed E-state index contributed by atoms with van der Waals surface area (Å²) in [4.78, 5) is 0. The minimum atomic E-state index is -0.209. The number of hydrogen-bond acceptors (Lipinski definition) is 0. The summed E-state index contributed by atoms with van der Waals surface area (Å²) in [7, 11) is 0. The first kappa shape index (κ1) is 11.6. The third-order valence-corrected chi connectivity index (χ3v) is 0.678. The smallest absolute Gasteiger partial charge is 1.00 e. The Morgan fingerprint density at radius 3 is 1.89 bits per heavy atom. The largest absolute Gasteiger partial charge is 2.00 e. The van der Waals surface area contributed by atoms with E-state index in [2.05, 4.69) is 6.07 Å². The minimum absolute atomic E-state index is 0. The van der Waals surface area contributed by atoms with Gasteiger partial charge in [-0.2, -0.15) is 18.2 Å². The van der Waals surface area contributed by atoms with Gasteiger partial charge in [-0.05, 0) is 0 Å². The quantitative estimate of drug-likeness (QED) is 0.295. The molecule has 0 nitrogen and oxygen atoms in total. The summed E-state index contributed by atoms with van der Waals surface area (Å²) in [6.45, 7) is 0. The van der Waals surface area contributed by atoms with Crippen LogP contribution in [0.2, 0.25) is 0 Å². The molecule has 0 aromatic heterocycles. The molecule has 9 heavy (non-hydrogen) atoms. The maximum absolute atomic E-state index is 11.9. The summed E-state index contributed by atoms with van der Waals surface area (Å²) >= 11 is 0. The molecule has 1 aromatic rings. The predicted molar refractivity (Wildman–Crippen MR) is 31.0 cm³/mol. The van der Waals surface area contributed by atoms with Gasteiger partial charge in [0.15, 0.2) is 0 Å². The van der Waals surface area contributed by atoms with Crippen LogP contribution in [-0.4, -0.2) is 23.1 Å². The summed E-state index contributed by atoms with van der Waals surface area (Å²) in [6, 6.07) is 8.49. The summed E-state index contributed by atoms with van der Waals surface area (Å²) in [5, 5.41) is 0. The van der Waals surface area contributed by atoms with Gasteiger partial charge in [0.2, 0.25) is 0 Å².